The van der Waals surface area contributed by atoms with Crippen LogP contribution in [0.4, 0.5) is 0 Å². The van der Waals surface area contributed by atoms with Gasteiger partial charge in [0.15, 0.2) is 0 Å². The van der Waals surface area contributed by atoms with E-state index in [1.54, 1.807) is 0 Å². The molecule has 1 N–H and O–H groups in total. The number of unbranched alkanes of at least 4 members (excludes halogenated alkanes) is 2. The topological polar surface area (TPSA) is 12.0 Å². The summed E-state index contributed by atoms with van der Waals surface area (Å²) >= 11 is 0. The van der Waals surface area contributed by atoms with Gasteiger partial charge in [0, 0.05) is 12.1 Å². The number of hydrogen-bond acceptors (Lipinski definition) is 1. The molecular formula is C16H31N. The molecule has 2 aliphatic carbocycles. The van der Waals surface area contributed by atoms with Crippen LogP contribution in [0.2, 0.25) is 0 Å². The molecule has 2 atom stereocenters. The first-order valence-corrected chi connectivity index (χ1v) is 8.03. The first kappa shape index (κ1) is 13.4. The molecule has 17 heavy (non-hydrogen) atoms. The molecule has 2 rings (SSSR count). The Morgan fingerprint density at radius 1 is 1.12 bits per heavy atom. The van der Waals surface area contributed by atoms with E-state index in [0.29, 0.717) is 0 Å². The summed E-state index contributed by atoms with van der Waals surface area (Å²) in [5.74, 6) is 0. The standard InChI is InChI=1S/C16H31N/c1-3-4-6-9-14(2)17-15-10-13-16(15)11-7-5-8-12-16/h14-15,17H,3-13H2,1-2H3. The van der Waals surface area contributed by atoms with E-state index < -0.39 is 0 Å². The van der Waals surface area contributed by atoms with E-state index in [9.17, 15) is 0 Å². The van der Waals surface area contributed by atoms with Gasteiger partial charge in [-0.2, -0.15) is 0 Å². The monoisotopic (exact) mass is 237 g/mol. The fourth-order valence-corrected chi connectivity index (χ4v) is 3.94. The van der Waals surface area contributed by atoms with Crippen molar-refractivity contribution in [3.8, 4) is 0 Å². The Balaban J connectivity index is 1.71. The molecule has 100 valence electrons. The summed E-state index contributed by atoms with van der Waals surface area (Å²) in [6.07, 6.45) is 16.0. The smallest absolute Gasteiger partial charge is 0.0126 e. The van der Waals surface area contributed by atoms with Gasteiger partial charge in [-0.3, -0.25) is 0 Å². The SMILES string of the molecule is CCCCCC(C)NC1CCC12CCCCC2. The molecule has 1 spiro atoms. The average molecular weight is 237 g/mol. The van der Waals surface area contributed by atoms with Crippen molar-refractivity contribution in [3.63, 3.8) is 0 Å². The van der Waals surface area contributed by atoms with Gasteiger partial charge in [0.2, 0.25) is 0 Å². The van der Waals surface area contributed by atoms with Crippen LogP contribution >= 0.6 is 0 Å². The lowest BCUT2D eigenvalue weighted by molar-refractivity contribution is 0.0169. The Bertz CT molecular complexity index is 218. The van der Waals surface area contributed by atoms with E-state index >= 15 is 0 Å². The van der Waals surface area contributed by atoms with Crippen molar-refractivity contribution in [1.29, 1.82) is 0 Å². The summed E-state index contributed by atoms with van der Waals surface area (Å²) in [5, 5.41) is 3.94. The minimum Gasteiger partial charge on any atom is -0.311 e. The van der Waals surface area contributed by atoms with Crippen molar-refractivity contribution in [2.75, 3.05) is 0 Å². The molecule has 0 radical (unpaired) electrons. The molecule has 2 aliphatic rings. The Labute approximate surface area is 108 Å². The summed E-state index contributed by atoms with van der Waals surface area (Å²) < 4.78 is 0. The second kappa shape index (κ2) is 6.22. The lowest BCUT2D eigenvalue weighted by Crippen LogP contribution is -2.56. The lowest BCUT2D eigenvalue weighted by atomic mass is 9.57. The minimum atomic E-state index is 0.733. The van der Waals surface area contributed by atoms with E-state index in [4.69, 9.17) is 0 Å². The molecule has 2 unspecified atom stereocenters. The highest BCUT2D eigenvalue weighted by molar-refractivity contribution is 5.02. The van der Waals surface area contributed by atoms with Gasteiger partial charge in [-0.25, -0.2) is 0 Å². The third-order valence-electron chi connectivity index (χ3n) is 5.25. The predicted octanol–water partition coefficient (Wildman–Crippen LogP) is 4.66. The molecule has 0 amide bonds. The zero-order valence-electron chi connectivity index (χ0n) is 11.9. The summed E-state index contributed by atoms with van der Waals surface area (Å²) in [6, 6.07) is 1.60. The average Bonchev–Trinajstić information content (AvgIpc) is 2.36. The Morgan fingerprint density at radius 3 is 2.47 bits per heavy atom. The van der Waals surface area contributed by atoms with Crippen molar-refractivity contribution < 1.29 is 0 Å². The fourth-order valence-electron chi connectivity index (χ4n) is 3.94. The van der Waals surface area contributed by atoms with Gasteiger partial charge in [0.05, 0.1) is 0 Å². The van der Waals surface area contributed by atoms with E-state index in [1.165, 1.54) is 70.6 Å². The van der Waals surface area contributed by atoms with Gasteiger partial charge in [0.25, 0.3) is 0 Å². The highest BCUT2D eigenvalue weighted by Crippen LogP contribution is 2.51. The largest absolute Gasteiger partial charge is 0.311 e. The van der Waals surface area contributed by atoms with Gasteiger partial charge < -0.3 is 5.32 Å². The molecule has 2 fully saturated rings. The fraction of sp³-hybridized carbons (Fsp3) is 1.00. The number of hydrogen-bond donors (Lipinski definition) is 1. The van der Waals surface area contributed by atoms with Crippen LogP contribution in [-0.4, -0.2) is 12.1 Å². The summed E-state index contributed by atoms with van der Waals surface area (Å²) in [7, 11) is 0. The maximum absolute atomic E-state index is 3.94. The molecule has 0 heterocycles. The molecule has 1 heteroatoms. The number of rotatable bonds is 6. The molecule has 0 aromatic rings. The molecule has 0 aromatic carbocycles. The van der Waals surface area contributed by atoms with E-state index in [-0.39, 0.29) is 0 Å². The summed E-state index contributed by atoms with van der Waals surface area (Å²) in [6.45, 7) is 4.69. The predicted molar refractivity (Wildman–Crippen MR) is 75.3 cm³/mol. The molecule has 2 saturated carbocycles. The Hall–Kier alpha value is -0.0400. The van der Waals surface area contributed by atoms with Gasteiger partial charge in [-0.05, 0) is 44.4 Å². The van der Waals surface area contributed by atoms with Crippen molar-refractivity contribution in [2.45, 2.75) is 96.6 Å². The molecule has 1 nitrogen and oxygen atoms in total. The molecule has 0 aliphatic heterocycles. The maximum Gasteiger partial charge on any atom is 0.0126 e. The molecular weight excluding hydrogens is 206 g/mol. The van der Waals surface area contributed by atoms with Gasteiger partial charge in [-0.1, -0.05) is 45.4 Å². The van der Waals surface area contributed by atoms with E-state index in [2.05, 4.69) is 19.2 Å². The number of nitrogens with one attached hydrogen (secondary N) is 1. The van der Waals surface area contributed by atoms with Gasteiger partial charge >= 0.3 is 0 Å². The van der Waals surface area contributed by atoms with Crippen molar-refractivity contribution in [2.24, 2.45) is 5.41 Å². The van der Waals surface area contributed by atoms with Gasteiger partial charge in [0.1, 0.15) is 0 Å². The highest BCUT2D eigenvalue weighted by atomic mass is 15.0. The van der Waals surface area contributed by atoms with E-state index in [1.807, 2.05) is 0 Å². The molecule has 0 aromatic heterocycles. The van der Waals surface area contributed by atoms with Crippen LogP contribution in [0, 0.1) is 5.41 Å². The first-order valence-electron chi connectivity index (χ1n) is 8.03. The third-order valence-corrected chi connectivity index (χ3v) is 5.25. The normalized spacial score (nSPS) is 28.9. The second-order valence-electron chi connectivity index (χ2n) is 6.58. The zero-order chi connectivity index (χ0) is 12.1. The van der Waals surface area contributed by atoms with Crippen LogP contribution in [0.1, 0.15) is 84.5 Å². The summed E-state index contributed by atoms with van der Waals surface area (Å²) in [4.78, 5) is 0. The van der Waals surface area contributed by atoms with E-state index in [0.717, 1.165) is 17.5 Å². The highest BCUT2D eigenvalue weighted by Gasteiger charge is 2.46. The molecule has 0 saturated heterocycles. The van der Waals surface area contributed by atoms with Crippen LogP contribution in [0.3, 0.4) is 0 Å². The lowest BCUT2D eigenvalue weighted by Gasteiger charge is -2.53. The first-order chi connectivity index (χ1) is 8.27. The van der Waals surface area contributed by atoms with Crippen molar-refractivity contribution >= 4 is 0 Å². The molecule has 0 bridgehead atoms. The third kappa shape index (κ3) is 3.24. The Morgan fingerprint density at radius 2 is 1.88 bits per heavy atom. The zero-order valence-corrected chi connectivity index (χ0v) is 11.9. The minimum absolute atomic E-state index is 0.733. The van der Waals surface area contributed by atoms with Crippen LogP contribution in [-0.2, 0) is 0 Å². The van der Waals surface area contributed by atoms with Crippen LogP contribution in [0.5, 0.6) is 0 Å². The van der Waals surface area contributed by atoms with Crippen molar-refractivity contribution in [3.05, 3.63) is 0 Å². The summed E-state index contributed by atoms with van der Waals surface area (Å²) in [5.41, 5.74) is 0.733. The van der Waals surface area contributed by atoms with Crippen molar-refractivity contribution in [1.82, 2.24) is 5.32 Å². The van der Waals surface area contributed by atoms with Gasteiger partial charge in [-0.15, -0.1) is 0 Å². The van der Waals surface area contributed by atoms with Crippen LogP contribution in [0.25, 0.3) is 0 Å². The quantitative estimate of drug-likeness (QED) is 0.663. The van der Waals surface area contributed by atoms with Crippen LogP contribution < -0.4 is 5.32 Å². The Kier molecular flexibility index (Phi) is 4.90. The maximum atomic E-state index is 3.94. The second-order valence-corrected chi connectivity index (χ2v) is 6.58. The van der Waals surface area contributed by atoms with Crippen LogP contribution in [0.15, 0.2) is 0 Å².